The summed E-state index contributed by atoms with van der Waals surface area (Å²) in [5, 5.41) is 3.62. The molecule has 0 radical (unpaired) electrons. The first-order valence-corrected chi connectivity index (χ1v) is 8.95. The van der Waals surface area contributed by atoms with Crippen LogP contribution in [0.1, 0.15) is 27.7 Å². The number of nitrogens with one attached hydrogen (secondary N) is 1. The van der Waals surface area contributed by atoms with Gasteiger partial charge in [0.25, 0.3) is 5.91 Å². The van der Waals surface area contributed by atoms with E-state index in [9.17, 15) is 4.79 Å². The van der Waals surface area contributed by atoms with Crippen LogP contribution >= 0.6 is 11.6 Å². The monoisotopic (exact) mass is 379 g/mol. The summed E-state index contributed by atoms with van der Waals surface area (Å²) in [7, 11) is 1.94. The van der Waals surface area contributed by atoms with E-state index in [1.807, 2.05) is 60.5 Å². The van der Waals surface area contributed by atoms with Crippen LogP contribution in [0.3, 0.4) is 0 Å². The van der Waals surface area contributed by atoms with Crippen LogP contribution in [0.5, 0.6) is 5.75 Å². The van der Waals surface area contributed by atoms with E-state index in [0.29, 0.717) is 22.9 Å². The van der Waals surface area contributed by atoms with E-state index in [4.69, 9.17) is 16.3 Å². The van der Waals surface area contributed by atoms with Gasteiger partial charge in [0.2, 0.25) is 0 Å². The molecule has 5 nitrogen and oxygen atoms in total. The Morgan fingerprint density at radius 3 is 2.85 bits per heavy atom. The molecule has 6 heteroatoms. The topological polar surface area (TPSA) is 54.5 Å². The van der Waals surface area contributed by atoms with Crippen LogP contribution in [-0.2, 0) is 6.61 Å². The standard InChI is InChI=1S/C21H18ClN3O2/c1-25-18-7-3-2-6-16(18)21(26)24-20(25)17-11-15(22)8-9-19(17)27-13-14-5-4-10-23-12-14/h2-12,20H,13H2,1H3,(H,24,26). The zero-order valence-electron chi connectivity index (χ0n) is 14.7. The quantitative estimate of drug-likeness (QED) is 0.738. The van der Waals surface area contributed by atoms with E-state index in [2.05, 4.69) is 10.3 Å². The van der Waals surface area contributed by atoms with E-state index >= 15 is 0 Å². The number of nitrogens with zero attached hydrogens (tertiary/aromatic N) is 2. The van der Waals surface area contributed by atoms with E-state index in [1.165, 1.54) is 0 Å². The highest BCUT2D eigenvalue weighted by Crippen LogP contribution is 2.36. The van der Waals surface area contributed by atoms with Crippen molar-refractivity contribution in [3.05, 3.63) is 88.7 Å². The molecule has 2 heterocycles. The molecule has 1 unspecified atom stereocenters. The fourth-order valence-electron chi connectivity index (χ4n) is 3.21. The van der Waals surface area contributed by atoms with Gasteiger partial charge in [0.1, 0.15) is 18.5 Å². The lowest BCUT2D eigenvalue weighted by Crippen LogP contribution is -2.44. The summed E-state index contributed by atoms with van der Waals surface area (Å²) in [5.74, 6) is 0.548. The normalized spacial score (nSPS) is 15.9. The number of carbonyl (C=O) groups excluding carboxylic acids is 1. The second-order valence-corrected chi connectivity index (χ2v) is 6.77. The fourth-order valence-corrected chi connectivity index (χ4v) is 3.39. The Kier molecular flexibility index (Phi) is 4.69. The molecule has 0 spiro atoms. The number of para-hydroxylation sites is 1. The molecular weight excluding hydrogens is 362 g/mol. The van der Waals surface area contributed by atoms with Crippen LogP contribution in [0.25, 0.3) is 0 Å². The summed E-state index contributed by atoms with van der Waals surface area (Å²) in [4.78, 5) is 18.7. The van der Waals surface area contributed by atoms with Crippen LogP contribution in [0, 0.1) is 0 Å². The van der Waals surface area contributed by atoms with Crippen molar-refractivity contribution in [2.24, 2.45) is 0 Å². The second kappa shape index (κ2) is 7.29. The number of carbonyl (C=O) groups is 1. The molecule has 1 aliphatic heterocycles. The Balaban J connectivity index is 1.67. The van der Waals surface area contributed by atoms with Crippen molar-refractivity contribution in [1.82, 2.24) is 10.3 Å². The smallest absolute Gasteiger partial charge is 0.255 e. The highest BCUT2D eigenvalue weighted by Gasteiger charge is 2.31. The molecule has 4 rings (SSSR count). The number of hydrogen-bond donors (Lipinski definition) is 1. The number of anilines is 1. The van der Waals surface area contributed by atoms with Crippen molar-refractivity contribution in [2.45, 2.75) is 12.8 Å². The molecular formula is C21H18ClN3O2. The molecule has 0 bridgehead atoms. The zero-order chi connectivity index (χ0) is 18.8. The van der Waals surface area contributed by atoms with Crippen molar-refractivity contribution in [1.29, 1.82) is 0 Å². The average Bonchev–Trinajstić information content (AvgIpc) is 2.70. The van der Waals surface area contributed by atoms with Gasteiger partial charge in [-0.1, -0.05) is 29.8 Å². The van der Waals surface area contributed by atoms with Crippen molar-refractivity contribution >= 4 is 23.2 Å². The maximum Gasteiger partial charge on any atom is 0.255 e. The Morgan fingerprint density at radius 1 is 1.19 bits per heavy atom. The summed E-state index contributed by atoms with van der Waals surface area (Å²) in [6.07, 6.45) is 3.11. The molecule has 3 aromatic rings. The Morgan fingerprint density at radius 2 is 2.04 bits per heavy atom. The lowest BCUT2D eigenvalue weighted by atomic mass is 10.0. The van der Waals surface area contributed by atoms with Crippen LogP contribution in [0.2, 0.25) is 5.02 Å². The predicted molar refractivity (Wildman–Crippen MR) is 105 cm³/mol. The minimum Gasteiger partial charge on any atom is -0.488 e. The maximum absolute atomic E-state index is 12.6. The van der Waals surface area contributed by atoms with Crippen molar-refractivity contribution in [3.63, 3.8) is 0 Å². The third kappa shape index (κ3) is 3.46. The van der Waals surface area contributed by atoms with Crippen LogP contribution in [0.15, 0.2) is 67.0 Å². The van der Waals surface area contributed by atoms with Gasteiger partial charge >= 0.3 is 0 Å². The lowest BCUT2D eigenvalue weighted by Gasteiger charge is -2.37. The SMILES string of the molecule is CN1c2ccccc2C(=O)NC1c1cc(Cl)ccc1OCc1cccnc1. The summed E-state index contributed by atoms with van der Waals surface area (Å²) in [5.41, 5.74) is 3.28. The van der Waals surface area contributed by atoms with Gasteiger partial charge < -0.3 is 15.0 Å². The number of pyridine rings is 1. The Labute approximate surface area is 162 Å². The first-order valence-electron chi connectivity index (χ1n) is 8.57. The lowest BCUT2D eigenvalue weighted by molar-refractivity contribution is 0.0927. The van der Waals surface area contributed by atoms with Gasteiger partial charge in [-0.05, 0) is 36.4 Å². The van der Waals surface area contributed by atoms with Gasteiger partial charge in [-0.15, -0.1) is 0 Å². The van der Waals surface area contributed by atoms with Gasteiger partial charge in [-0.2, -0.15) is 0 Å². The third-order valence-electron chi connectivity index (χ3n) is 4.57. The van der Waals surface area contributed by atoms with Gasteiger partial charge in [-0.25, -0.2) is 0 Å². The van der Waals surface area contributed by atoms with E-state index in [-0.39, 0.29) is 12.1 Å². The number of aromatic nitrogens is 1. The van der Waals surface area contributed by atoms with E-state index in [1.54, 1.807) is 18.5 Å². The minimum atomic E-state index is -0.380. The molecule has 0 saturated carbocycles. The van der Waals surface area contributed by atoms with E-state index in [0.717, 1.165) is 16.8 Å². The van der Waals surface area contributed by atoms with Crippen molar-refractivity contribution in [2.75, 3.05) is 11.9 Å². The van der Waals surface area contributed by atoms with Gasteiger partial charge in [0.15, 0.2) is 0 Å². The molecule has 0 fully saturated rings. The average molecular weight is 380 g/mol. The van der Waals surface area contributed by atoms with Crippen LogP contribution in [-0.4, -0.2) is 17.9 Å². The molecule has 0 aliphatic carbocycles. The maximum atomic E-state index is 12.6. The van der Waals surface area contributed by atoms with Crippen molar-refractivity contribution in [3.8, 4) is 5.75 Å². The number of benzene rings is 2. The number of amides is 1. The number of rotatable bonds is 4. The first kappa shape index (κ1) is 17.4. The van der Waals surface area contributed by atoms with Gasteiger partial charge in [0.05, 0.1) is 11.3 Å². The predicted octanol–water partition coefficient (Wildman–Crippen LogP) is 4.19. The van der Waals surface area contributed by atoms with Crippen molar-refractivity contribution < 1.29 is 9.53 Å². The van der Waals surface area contributed by atoms with Crippen LogP contribution in [0.4, 0.5) is 5.69 Å². The molecule has 0 saturated heterocycles. The highest BCUT2D eigenvalue weighted by molar-refractivity contribution is 6.30. The number of fused-ring (bicyclic) bond motifs is 1. The molecule has 1 atom stereocenters. The summed E-state index contributed by atoms with van der Waals surface area (Å²) in [6, 6.07) is 16.8. The summed E-state index contributed by atoms with van der Waals surface area (Å²) >= 11 is 6.24. The number of ether oxygens (including phenoxy) is 1. The highest BCUT2D eigenvalue weighted by atomic mass is 35.5. The molecule has 1 aliphatic rings. The molecule has 2 aromatic carbocycles. The summed E-state index contributed by atoms with van der Waals surface area (Å²) < 4.78 is 6.03. The number of hydrogen-bond acceptors (Lipinski definition) is 4. The Bertz CT molecular complexity index is 978. The molecule has 1 aromatic heterocycles. The largest absolute Gasteiger partial charge is 0.488 e. The number of halogens is 1. The van der Waals surface area contributed by atoms with E-state index < -0.39 is 0 Å². The zero-order valence-corrected chi connectivity index (χ0v) is 15.5. The summed E-state index contributed by atoms with van der Waals surface area (Å²) in [6.45, 7) is 0.378. The third-order valence-corrected chi connectivity index (χ3v) is 4.80. The molecule has 1 N–H and O–H groups in total. The first-order chi connectivity index (χ1) is 13.1. The minimum absolute atomic E-state index is 0.119. The van der Waals surface area contributed by atoms with Gasteiger partial charge in [-0.3, -0.25) is 9.78 Å². The second-order valence-electron chi connectivity index (χ2n) is 6.34. The molecule has 1 amide bonds. The fraction of sp³-hybridized carbons (Fsp3) is 0.143. The molecule has 136 valence electrons. The Hall–Kier alpha value is -3.05. The van der Waals surface area contributed by atoms with Gasteiger partial charge in [0, 0.05) is 35.6 Å². The molecule has 27 heavy (non-hydrogen) atoms. The van der Waals surface area contributed by atoms with Crippen LogP contribution < -0.4 is 15.0 Å².